The Morgan fingerprint density at radius 2 is 1.59 bits per heavy atom. The summed E-state index contributed by atoms with van der Waals surface area (Å²) in [6.07, 6.45) is 1.06. The third-order valence-electron chi connectivity index (χ3n) is 5.40. The maximum atomic E-state index is 12.6. The van der Waals surface area contributed by atoms with Gasteiger partial charge in [-0.1, -0.05) is 12.1 Å². The van der Waals surface area contributed by atoms with Crippen molar-refractivity contribution < 1.29 is 28.6 Å². The van der Waals surface area contributed by atoms with Crippen molar-refractivity contribution in [2.24, 2.45) is 0 Å². The van der Waals surface area contributed by atoms with Gasteiger partial charge in [-0.2, -0.15) is 0 Å². The molecule has 34 heavy (non-hydrogen) atoms. The average Bonchev–Trinajstić information content (AvgIpc) is 3.24. The molecule has 9 nitrogen and oxygen atoms in total. The van der Waals surface area contributed by atoms with E-state index in [1.807, 2.05) is 20.8 Å². The lowest BCUT2D eigenvalue weighted by molar-refractivity contribution is 0.0203. The first-order valence-corrected chi connectivity index (χ1v) is 11.7. The van der Waals surface area contributed by atoms with Crippen LogP contribution in [0.5, 0.6) is 0 Å². The maximum Gasteiger partial charge on any atom is 0.410 e. The van der Waals surface area contributed by atoms with Crippen LogP contribution in [0.2, 0.25) is 0 Å². The van der Waals surface area contributed by atoms with E-state index in [2.05, 4.69) is 4.98 Å². The minimum absolute atomic E-state index is 0.0550. The molecule has 1 amide bonds. The van der Waals surface area contributed by atoms with Crippen LogP contribution in [-0.2, 0) is 14.2 Å². The molecular formula is C25H33N3O6. The molecule has 9 heteroatoms. The molecule has 2 aromatic rings. The predicted octanol–water partition coefficient (Wildman–Crippen LogP) is 4.54. The normalized spacial score (nSPS) is 14.6. The summed E-state index contributed by atoms with van der Waals surface area (Å²) in [5, 5.41) is 0. The molecule has 0 spiro atoms. The van der Waals surface area contributed by atoms with Crippen LogP contribution in [0.15, 0.2) is 24.3 Å². The summed E-state index contributed by atoms with van der Waals surface area (Å²) in [4.78, 5) is 46.6. The topological polar surface area (TPSA) is 111 Å². The molecule has 0 aliphatic carbocycles. The van der Waals surface area contributed by atoms with Crippen LogP contribution in [0.3, 0.4) is 0 Å². The van der Waals surface area contributed by atoms with Crippen molar-refractivity contribution in [3.63, 3.8) is 0 Å². The summed E-state index contributed by atoms with van der Waals surface area (Å²) in [6, 6.07) is 6.77. The quantitative estimate of drug-likeness (QED) is 0.486. The van der Waals surface area contributed by atoms with E-state index in [0.717, 1.165) is 0 Å². The van der Waals surface area contributed by atoms with Crippen molar-refractivity contribution >= 4 is 18.0 Å². The van der Waals surface area contributed by atoms with Crippen LogP contribution in [0.1, 0.15) is 80.0 Å². The van der Waals surface area contributed by atoms with Crippen molar-refractivity contribution in [3.05, 3.63) is 41.3 Å². The van der Waals surface area contributed by atoms with Crippen molar-refractivity contribution in [3.8, 4) is 11.3 Å². The molecular weight excluding hydrogens is 438 g/mol. The van der Waals surface area contributed by atoms with Gasteiger partial charge in [0.25, 0.3) is 0 Å². The molecule has 1 N–H and O–H groups in total. The third kappa shape index (κ3) is 6.15. The summed E-state index contributed by atoms with van der Waals surface area (Å²) in [5.74, 6) is -0.160. The molecule has 0 radical (unpaired) electrons. The second kappa shape index (κ2) is 10.7. The van der Waals surface area contributed by atoms with Gasteiger partial charge >= 0.3 is 18.0 Å². The summed E-state index contributed by atoms with van der Waals surface area (Å²) >= 11 is 0. The van der Waals surface area contributed by atoms with Crippen LogP contribution in [0, 0.1) is 0 Å². The van der Waals surface area contributed by atoms with E-state index in [1.165, 1.54) is 0 Å². The Labute approximate surface area is 199 Å². The van der Waals surface area contributed by atoms with E-state index in [-0.39, 0.29) is 24.3 Å². The number of carbonyl (C=O) groups excluding carboxylic acids is 3. The van der Waals surface area contributed by atoms with Gasteiger partial charge in [0, 0.05) is 24.6 Å². The molecule has 3 rings (SSSR count). The highest BCUT2D eigenvalue weighted by Gasteiger charge is 2.30. The summed E-state index contributed by atoms with van der Waals surface area (Å²) in [6.45, 7) is 10.6. The summed E-state index contributed by atoms with van der Waals surface area (Å²) in [5.41, 5.74) is 1.31. The first-order chi connectivity index (χ1) is 16.1. The Morgan fingerprint density at radius 1 is 1.00 bits per heavy atom. The van der Waals surface area contributed by atoms with E-state index in [4.69, 9.17) is 19.2 Å². The molecule has 0 saturated carbocycles. The number of nitrogens with one attached hydrogen (secondary N) is 1. The van der Waals surface area contributed by atoms with E-state index in [1.54, 1.807) is 43.0 Å². The standard InChI is InChI=1S/C25H33N3O6/c1-6-32-22(29)18-10-8-16(9-11-18)19-20(23(30)33-7-2)27-21(26-19)17-12-14-28(15-13-17)24(31)34-25(3,4)5/h8-11,17H,6-7,12-15H2,1-5H3,(H,26,27). The first-order valence-electron chi connectivity index (χ1n) is 11.7. The number of hydrogen-bond donors (Lipinski definition) is 1. The van der Waals surface area contributed by atoms with Crippen LogP contribution >= 0.6 is 0 Å². The third-order valence-corrected chi connectivity index (χ3v) is 5.40. The Morgan fingerprint density at radius 3 is 2.15 bits per heavy atom. The van der Waals surface area contributed by atoms with Crippen molar-refractivity contribution in [2.75, 3.05) is 26.3 Å². The summed E-state index contributed by atoms with van der Waals surface area (Å²) < 4.78 is 15.7. The molecule has 1 aliphatic rings. The molecule has 0 bridgehead atoms. The SMILES string of the molecule is CCOC(=O)c1ccc(-c2nc(C3CCN(C(=O)OC(C)(C)C)CC3)[nH]c2C(=O)OCC)cc1. The van der Waals surface area contributed by atoms with Gasteiger partial charge < -0.3 is 24.1 Å². The molecule has 1 aromatic carbocycles. The first kappa shape index (κ1) is 25.3. The Bertz CT molecular complexity index is 1010. The number of esters is 2. The number of benzene rings is 1. The van der Waals surface area contributed by atoms with Gasteiger partial charge in [0.05, 0.1) is 18.8 Å². The van der Waals surface area contributed by atoms with Gasteiger partial charge in [-0.15, -0.1) is 0 Å². The van der Waals surface area contributed by atoms with Crippen LogP contribution in [-0.4, -0.2) is 64.8 Å². The molecule has 1 aliphatic heterocycles. The summed E-state index contributed by atoms with van der Waals surface area (Å²) in [7, 11) is 0. The number of hydrogen-bond acceptors (Lipinski definition) is 7. The number of rotatable bonds is 6. The van der Waals surface area contributed by atoms with Gasteiger partial charge in [0.2, 0.25) is 0 Å². The molecule has 0 atom stereocenters. The average molecular weight is 472 g/mol. The van der Waals surface area contributed by atoms with E-state index in [0.29, 0.717) is 55.2 Å². The van der Waals surface area contributed by atoms with Gasteiger partial charge in [-0.25, -0.2) is 19.4 Å². The number of aromatic amines is 1. The zero-order valence-electron chi connectivity index (χ0n) is 20.5. The van der Waals surface area contributed by atoms with Crippen LogP contribution in [0.4, 0.5) is 4.79 Å². The second-order valence-electron chi connectivity index (χ2n) is 9.11. The number of piperidine rings is 1. The highest BCUT2D eigenvalue weighted by atomic mass is 16.6. The lowest BCUT2D eigenvalue weighted by Gasteiger charge is -2.32. The molecule has 184 valence electrons. The molecule has 2 heterocycles. The maximum absolute atomic E-state index is 12.6. The van der Waals surface area contributed by atoms with Gasteiger partial charge in [0.15, 0.2) is 5.69 Å². The fourth-order valence-electron chi connectivity index (χ4n) is 3.79. The Balaban J connectivity index is 1.80. The number of aromatic nitrogens is 2. The number of H-pyrrole nitrogens is 1. The number of nitrogens with zero attached hydrogens (tertiary/aromatic N) is 2. The Kier molecular flexibility index (Phi) is 7.96. The largest absolute Gasteiger partial charge is 0.462 e. The Hall–Kier alpha value is -3.36. The lowest BCUT2D eigenvalue weighted by atomic mass is 9.96. The van der Waals surface area contributed by atoms with E-state index < -0.39 is 17.5 Å². The fraction of sp³-hybridized carbons (Fsp3) is 0.520. The fourth-order valence-corrected chi connectivity index (χ4v) is 3.79. The zero-order valence-corrected chi connectivity index (χ0v) is 20.5. The number of carbonyl (C=O) groups is 3. The van der Waals surface area contributed by atoms with Gasteiger partial charge in [0.1, 0.15) is 17.1 Å². The van der Waals surface area contributed by atoms with Crippen LogP contribution < -0.4 is 0 Å². The van der Waals surface area contributed by atoms with Crippen molar-refractivity contribution in [1.29, 1.82) is 0 Å². The molecule has 1 saturated heterocycles. The van der Waals surface area contributed by atoms with Gasteiger partial charge in [-0.05, 0) is 59.6 Å². The monoisotopic (exact) mass is 471 g/mol. The molecule has 0 unspecified atom stereocenters. The van der Waals surface area contributed by atoms with Crippen molar-refractivity contribution in [1.82, 2.24) is 14.9 Å². The lowest BCUT2D eigenvalue weighted by Crippen LogP contribution is -2.41. The number of ether oxygens (including phenoxy) is 3. The predicted molar refractivity (Wildman–Crippen MR) is 126 cm³/mol. The number of imidazole rings is 1. The number of likely N-dealkylation sites (tertiary alicyclic amines) is 1. The highest BCUT2D eigenvalue weighted by Crippen LogP contribution is 2.31. The van der Waals surface area contributed by atoms with Crippen LogP contribution in [0.25, 0.3) is 11.3 Å². The smallest absolute Gasteiger partial charge is 0.410 e. The number of amides is 1. The second-order valence-corrected chi connectivity index (χ2v) is 9.11. The van der Waals surface area contributed by atoms with E-state index >= 15 is 0 Å². The minimum Gasteiger partial charge on any atom is -0.462 e. The molecule has 1 aromatic heterocycles. The minimum atomic E-state index is -0.540. The van der Waals surface area contributed by atoms with Crippen molar-refractivity contribution in [2.45, 2.75) is 59.0 Å². The van der Waals surface area contributed by atoms with E-state index in [9.17, 15) is 14.4 Å². The van der Waals surface area contributed by atoms with Gasteiger partial charge in [-0.3, -0.25) is 0 Å². The highest BCUT2D eigenvalue weighted by molar-refractivity contribution is 5.95. The molecule has 1 fully saturated rings. The zero-order chi connectivity index (χ0) is 24.9.